The maximum absolute atomic E-state index is 6.47. The first-order valence-corrected chi connectivity index (χ1v) is 13.0. The third-order valence-electron chi connectivity index (χ3n) is 6.87. The number of unbranched alkanes of at least 4 members (excludes halogenated alkanes) is 2. The highest BCUT2D eigenvalue weighted by atomic mass is 16.5. The van der Waals surface area contributed by atoms with Crippen LogP contribution in [0.15, 0.2) is 18.2 Å². The molecule has 182 valence electrons. The summed E-state index contributed by atoms with van der Waals surface area (Å²) in [6.45, 7) is 9.02. The van der Waals surface area contributed by atoms with E-state index < -0.39 is 0 Å². The quantitative estimate of drug-likeness (QED) is 0.345. The maximum atomic E-state index is 6.47. The van der Waals surface area contributed by atoms with E-state index >= 15 is 0 Å². The molecule has 1 saturated heterocycles. The van der Waals surface area contributed by atoms with Gasteiger partial charge in [-0.2, -0.15) is 0 Å². The van der Waals surface area contributed by atoms with Gasteiger partial charge in [0.2, 0.25) is 0 Å². The van der Waals surface area contributed by atoms with Crippen molar-refractivity contribution in [3.8, 4) is 11.5 Å². The van der Waals surface area contributed by atoms with Crippen molar-refractivity contribution in [3.63, 3.8) is 0 Å². The molecule has 1 heterocycles. The summed E-state index contributed by atoms with van der Waals surface area (Å²) in [4.78, 5) is 2.64. The number of benzene rings is 1. The van der Waals surface area contributed by atoms with Crippen molar-refractivity contribution in [2.24, 2.45) is 0 Å². The van der Waals surface area contributed by atoms with Crippen LogP contribution in [-0.4, -0.2) is 63.2 Å². The lowest BCUT2D eigenvalue weighted by Crippen LogP contribution is -2.46. The molecule has 2 fully saturated rings. The highest BCUT2D eigenvalue weighted by Gasteiger charge is 2.35. The van der Waals surface area contributed by atoms with Gasteiger partial charge in [0.25, 0.3) is 0 Å². The van der Waals surface area contributed by atoms with Crippen LogP contribution in [0.4, 0.5) is 0 Å². The second-order valence-electron chi connectivity index (χ2n) is 9.33. The van der Waals surface area contributed by atoms with Gasteiger partial charge in [0.05, 0.1) is 32.5 Å². The van der Waals surface area contributed by atoms with Gasteiger partial charge in [-0.3, -0.25) is 4.90 Å². The first kappa shape index (κ1) is 25.3. The number of likely N-dealkylation sites (tertiary alicyclic amines) is 1. The highest BCUT2D eigenvalue weighted by Crippen LogP contribution is 2.30. The molecule has 1 aliphatic heterocycles. The molecular formula is C27H45NO4. The zero-order chi connectivity index (χ0) is 22.6. The van der Waals surface area contributed by atoms with Crippen molar-refractivity contribution in [2.45, 2.75) is 96.3 Å². The Kier molecular flexibility index (Phi) is 11.1. The molecular weight excluding hydrogens is 402 g/mol. The number of rotatable bonds is 14. The van der Waals surface area contributed by atoms with Crippen LogP contribution in [-0.2, 0) is 15.9 Å². The van der Waals surface area contributed by atoms with E-state index in [1.54, 1.807) is 7.11 Å². The molecule has 0 aromatic heterocycles. The fourth-order valence-electron chi connectivity index (χ4n) is 4.92. The summed E-state index contributed by atoms with van der Waals surface area (Å²) in [5.41, 5.74) is 1.24. The summed E-state index contributed by atoms with van der Waals surface area (Å²) in [6, 6.07) is 6.83. The number of hydrogen-bond donors (Lipinski definition) is 0. The Hall–Kier alpha value is -1.30. The van der Waals surface area contributed by atoms with Crippen LogP contribution < -0.4 is 9.47 Å². The van der Waals surface area contributed by atoms with Crippen molar-refractivity contribution in [1.82, 2.24) is 4.90 Å². The standard InChI is InChI=1S/C27H45NO4/c1-4-6-17-30-23-14-16-28(21-23)24-10-8-9-11-25(24)32-19-15-22-12-13-26(27(20-22)29-3)31-18-7-5-2/h12-13,20,23-25H,4-11,14-19,21H2,1-3H3/t23?,24?,25-/m0/s1. The number of methoxy groups -OCH3 is 1. The van der Waals surface area contributed by atoms with E-state index in [0.717, 1.165) is 63.7 Å². The van der Waals surface area contributed by atoms with Crippen molar-refractivity contribution in [2.75, 3.05) is 40.0 Å². The van der Waals surface area contributed by atoms with Crippen LogP contribution in [0.3, 0.4) is 0 Å². The van der Waals surface area contributed by atoms with Gasteiger partial charge in [-0.1, -0.05) is 45.6 Å². The van der Waals surface area contributed by atoms with E-state index in [0.29, 0.717) is 18.2 Å². The van der Waals surface area contributed by atoms with E-state index in [1.807, 2.05) is 6.07 Å². The van der Waals surface area contributed by atoms with Crippen LogP contribution in [0.2, 0.25) is 0 Å². The van der Waals surface area contributed by atoms with Gasteiger partial charge >= 0.3 is 0 Å². The lowest BCUT2D eigenvalue weighted by molar-refractivity contribution is -0.0345. The average molecular weight is 448 g/mol. The third-order valence-corrected chi connectivity index (χ3v) is 6.87. The van der Waals surface area contributed by atoms with Gasteiger partial charge in [0.15, 0.2) is 11.5 Å². The molecule has 5 nitrogen and oxygen atoms in total. The topological polar surface area (TPSA) is 40.2 Å². The van der Waals surface area contributed by atoms with Crippen molar-refractivity contribution < 1.29 is 18.9 Å². The molecule has 1 saturated carbocycles. The van der Waals surface area contributed by atoms with E-state index in [4.69, 9.17) is 18.9 Å². The molecule has 1 aromatic carbocycles. The molecule has 2 unspecified atom stereocenters. The molecule has 0 N–H and O–H groups in total. The van der Waals surface area contributed by atoms with Gasteiger partial charge < -0.3 is 18.9 Å². The van der Waals surface area contributed by atoms with Crippen LogP contribution in [0.5, 0.6) is 11.5 Å². The van der Waals surface area contributed by atoms with Crippen LogP contribution in [0.1, 0.15) is 77.2 Å². The minimum absolute atomic E-state index is 0.344. The fraction of sp³-hybridized carbons (Fsp3) is 0.778. The van der Waals surface area contributed by atoms with Crippen molar-refractivity contribution >= 4 is 0 Å². The Bertz CT molecular complexity index is 653. The van der Waals surface area contributed by atoms with E-state index in [9.17, 15) is 0 Å². The molecule has 32 heavy (non-hydrogen) atoms. The number of hydrogen-bond acceptors (Lipinski definition) is 5. The van der Waals surface area contributed by atoms with Crippen LogP contribution in [0, 0.1) is 0 Å². The Balaban J connectivity index is 1.46. The first-order valence-electron chi connectivity index (χ1n) is 13.0. The summed E-state index contributed by atoms with van der Waals surface area (Å²) >= 11 is 0. The summed E-state index contributed by atoms with van der Waals surface area (Å²) in [6.07, 6.45) is 12.4. The zero-order valence-electron chi connectivity index (χ0n) is 20.7. The molecule has 0 bridgehead atoms. The summed E-state index contributed by atoms with van der Waals surface area (Å²) in [5, 5.41) is 0. The molecule has 2 aliphatic rings. The molecule has 0 amide bonds. The number of ether oxygens (including phenoxy) is 4. The Labute approximate surface area is 195 Å². The third kappa shape index (κ3) is 7.64. The van der Waals surface area contributed by atoms with Gasteiger partial charge in [-0.25, -0.2) is 0 Å². The first-order chi connectivity index (χ1) is 15.7. The predicted molar refractivity (Wildman–Crippen MR) is 130 cm³/mol. The minimum atomic E-state index is 0.344. The van der Waals surface area contributed by atoms with E-state index in [2.05, 4.69) is 30.9 Å². The maximum Gasteiger partial charge on any atom is 0.161 e. The van der Waals surface area contributed by atoms with Crippen molar-refractivity contribution in [3.05, 3.63) is 23.8 Å². The van der Waals surface area contributed by atoms with Crippen LogP contribution in [0.25, 0.3) is 0 Å². The monoisotopic (exact) mass is 447 g/mol. The number of nitrogens with zero attached hydrogens (tertiary/aromatic N) is 1. The lowest BCUT2D eigenvalue weighted by Gasteiger charge is -2.37. The van der Waals surface area contributed by atoms with E-state index in [-0.39, 0.29) is 0 Å². The molecule has 3 rings (SSSR count). The zero-order valence-corrected chi connectivity index (χ0v) is 20.7. The Morgan fingerprint density at radius 3 is 2.53 bits per heavy atom. The molecule has 5 heteroatoms. The van der Waals surface area contributed by atoms with E-state index in [1.165, 1.54) is 50.5 Å². The molecule has 1 aromatic rings. The van der Waals surface area contributed by atoms with Crippen LogP contribution >= 0.6 is 0 Å². The van der Waals surface area contributed by atoms with Gasteiger partial charge in [-0.05, 0) is 56.2 Å². The summed E-state index contributed by atoms with van der Waals surface area (Å²) in [7, 11) is 1.71. The largest absolute Gasteiger partial charge is 0.493 e. The van der Waals surface area contributed by atoms with Gasteiger partial charge in [-0.15, -0.1) is 0 Å². The normalized spacial score (nSPS) is 24.0. The Morgan fingerprint density at radius 1 is 0.906 bits per heavy atom. The highest BCUT2D eigenvalue weighted by molar-refractivity contribution is 5.43. The average Bonchev–Trinajstić information content (AvgIpc) is 3.29. The smallest absolute Gasteiger partial charge is 0.161 e. The SMILES string of the molecule is CCCCOc1ccc(CCO[C@H]2CCCCC2N2CCC(OCCCC)C2)cc1OC. The Morgan fingerprint density at radius 2 is 1.72 bits per heavy atom. The van der Waals surface area contributed by atoms with Gasteiger partial charge in [0, 0.05) is 25.7 Å². The minimum Gasteiger partial charge on any atom is -0.493 e. The molecule has 1 aliphatic carbocycles. The van der Waals surface area contributed by atoms with Crippen molar-refractivity contribution in [1.29, 1.82) is 0 Å². The van der Waals surface area contributed by atoms with Gasteiger partial charge in [0.1, 0.15) is 0 Å². The molecule has 3 atom stereocenters. The molecule has 0 radical (unpaired) electrons. The lowest BCUT2D eigenvalue weighted by atomic mass is 9.91. The second-order valence-corrected chi connectivity index (χ2v) is 9.33. The summed E-state index contributed by atoms with van der Waals surface area (Å²) < 4.78 is 24.0. The predicted octanol–water partition coefficient (Wildman–Crippen LogP) is 5.64. The molecule has 0 spiro atoms. The summed E-state index contributed by atoms with van der Waals surface area (Å²) in [5.74, 6) is 1.66. The fourth-order valence-corrected chi connectivity index (χ4v) is 4.92. The second kappa shape index (κ2) is 14.1.